The van der Waals surface area contributed by atoms with Crippen LogP contribution in [-0.2, 0) is 11.3 Å². The number of hydrogen-bond donors (Lipinski definition) is 0. The molecule has 0 N–H and O–H groups in total. The third kappa shape index (κ3) is 4.52. The molecule has 2 aliphatic rings. The minimum Gasteiger partial charge on any atom is -0.488 e. The molecule has 2 aromatic carbocycles. The molecule has 0 radical (unpaired) electrons. The van der Waals surface area contributed by atoms with Gasteiger partial charge >= 0.3 is 0 Å². The molecule has 6 nitrogen and oxygen atoms in total. The topological polar surface area (TPSA) is 56.6 Å². The van der Waals surface area contributed by atoms with Crippen LogP contribution in [0.3, 0.4) is 0 Å². The van der Waals surface area contributed by atoms with Gasteiger partial charge in [0.25, 0.3) is 5.91 Å². The minimum atomic E-state index is -0.204. The molecule has 2 saturated heterocycles. The van der Waals surface area contributed by atoms with Gasteiger partial charge in [0.05, 0.1) is 18.5 Å². The number of aromatic nitrogens is 2. The molecule has 0 bridgehead atoms. The molecule has 1 atom stereocenters. The molecule has 1 amide bonds. The number of amides is 1. The monoisotopic (exact) mass is 451 g/mol. The predicted octanol–water partition coefficient (Wildman–Crippen LogP) is 4.43. The first kappa shape index (κ1) is 21.0. The Bertz CT molecular complexity index is 1060. The maximum Gasteiger partial charge on any atom is 0.254 e. The van der Waals surface area contributed by atoms with Gasteiger partial charge in [-0.3, -0.25) is 4.79 Å². The van der Waals surface area contributed by atoms with Gasteiger partial charge in [0.1, 0.15) is 11.9 Å². The molecule has 7 heteroatoms. The molecule has 3 heterocycles. The molecule has 2 aliphatic heterocycles. The van der Waals surface area contributed by atoms with Gasteiger partial charge in [-0.2, -0.15) is 0 Å². The largest absolute Gasteiger partial charge is 0.488 e. The number of ether oxygens (including phenoxy) is 2. The fourth-order valence-corrected chi connectivity index (χ4v) is 4.79. The van der Waals surface area contributed by atoms with Crippen molar-refractivity contribution in [3.8, 4) is 5.75 Å². The molecule has 3 aromatic rings. The molecule has 32 heavy (non-hydrogen) atoms. The van der Waals surface area contributed by atoms with Crippen LogP contribution in [0.25, 0.3) is 0 Å². The van der Waals surface area contributed by atoms with Crippen molar-refractivity contribution in [2.75, 3.05) is 19.7 Å². The Morgan fingerprint density at radius 3 is 2.69 bits per heavy atom. The van der Waals surface area contributed by atoms with E-state index in [1.807, 2.05) is 64.2 Å². The van der Waals surface area contributed by atoms with Crippen LogP contribution < -0.4 is 4.74 Å². The Morgan fingerprint density at radius 2 is 1.94 bits per heavy atom. The summed E-state index contributed by atoms with van der Waals surface area (Å²) in [4.78, 5) is 19.4. The summed E-state index contributed by atoms with van der Waals surface area (Å²) in [6, 6.07) is 15.3. The second-order valence-electron chi connectivity index (χ2n) is 8.58. The standard InChI is InChI=1S/C25H26ClN3O3/c26-20-5-7-21(8-6-20)32-22-15-25(31-17-22)9-12-29(13-10-25)24(30)23-4-2-1-3-19(23)16-28-14-11-27-18-28/h1-8,11,14,18,22H,9-10,12-13,15-17H2/t22-/m1/s1. The van der Waals surface area contributed by atoms with Crippen molar-refractivity contribution < 1.29 is 14.3 Å². The van der Waals surface area contributed by atoms with E-state index in [4.69, 9.17) is 21.1 Å². The highest BCUT2D eigenvalue weighted by Crippen LogP contribution is 2.38. The van der Waals surface area contributed by atoms with Gasteiger partial charge in [-0.1, -0.05) is 29.8 Å². The summed E-state index contributed by atoms with van der Waals surface area (Å²) in [5.41, 5.74) is 1.56. The lowest BCUT2D eigenvalue weighted by Crippen LogP contribution is -2.46. The van der Waals surface area contributed by atoms with Crippen molar-refractivity contribution in [2.45, 2.75) is 37.5 Å². The number of likely N-dealkylation sites (tertiary alicyclic amines) is 1. The zero-order valence-electron chi connectivity index (χ0n) is 17.8. The van der Waals surface area contributed by atoms with Crippen molar-refractivity contribution >= 4 is 17.5 Å². The highest BCUT2D eigenvalue weighted by Gasteiger charge is 2.44. The van der Waals surface area contributed by atoms with Crippen molar-refractivity contribution in [2.24, 2.45) is 0 Å². The molecule has 2 fully saturated rings. The fourth-order valence-electron chi connectivity index (χ4n) is 4.66. The number of carbonyl (C=O) groups excluding carboxylic acids is 1. The number of benzene rings is 2. The van der Waals surface area contributed by atoms with E-state index in [9.17, 15) is 4.79 Å². The Labute approximate surface area is 192 Å². The van der Waals surface area contributed by atoms with Crippen LogP contribution >= 0.6 is 11.6 Å². The second kappa shape index (κ2) is 8.96. The molecular formula is C25H26ClN3O3. The van der Waals surface area contributed by atoms with Crippen LogP contribution in [0.15, 0.2) is 67.3 Å². The van der Waals surface area contributed by atoms with Gasteiger partial charge in [-0.05, 0) is 48.7 Å². The summed E-state index contributed by atoms with van der Waals surface area (Å²) >= 11 is 5.96. The third-order valence-electron chi connectivity index (χ3n) is 6.41. The van der Waals surface area contributed by atoms with Gasteiger partial charge < -0.3 is 18.9 Å². The summed E-state index contributed by atoms with van der Waals surface area (Å²) in [7, 11) is 0. The molecule has 166 valence electrons. The van der Waals surface area contributed by atoms with Gasteiger partial charge in [0.2, 0.25) is 0 Å². The highest BCUT2D eigenvalue weighted by molar-refractivity contribution is 6.30. The van der Waals surface area contributed by atoms with Crippen LogP contribution in [0.4, 0.5) is 0 Å². The minimum absolute atomic E-state index is 0.0225. The van der Waals surface area contributed by atoms with E-state index in [-0.39, 0.29) is 17.6 Å². The molecule has 0 aliphatic carbocycles. The molecular weight excluding hydrogens is 426 g/mol. The summed E-state index contributed by atoms with van der Waals surface area (Å²) in [5.74, 6) is 0.893. The van der Waals surface area contributed by atoms with Crippen molar-refractivity contribution in [3.63, 3.8) is 0 Å². The van der Waals surface area contributed by atoms with E-state index in [2.05, 4.69) is 4.98 Å². The Hall–Kier alpha value is -2.83. The number of imidazole rings is 1. The normalized spacial score (nSPS) is 19.9. The number of halogens is 1. The maximum absolute atomic E-state index is 13.3. The van der Waals surface area contributed by atoms with Crippen LogP contribution in [0.5, 0.6) is 5.75 Å². The summed E-state index contributed by atoms with van der Waals surface area (Å²) in [6.45, 7) is 2.58. The quantitative estimate of drug-likeness (QED) is 0.576. The Kier molecular flexibility index (Phi) is 5.89. The average molecular weight is 452 g/mol. The first-order valence-electron chi connectivity index (χ1n) is 11.0. The first-order chi connectivity index (χ1) is 15.6. The Balaban J connectivity index is 1.20. The number of rotatable bonds is 5. The van der Waals surface area contributed by atoms with Crippen LogP contribution in [0, 0.1) is 0 Å². The number of piperidine rings is 1. The number of nitrogens with zero attached hydrogens (tertiary/aromatic N) is 3. The molecule has 1 aromatic heterocycles. The fraction of sp³-hybridized carbons (Fsp3) is 0.360. The van der Waals surface area contributed by atoms with E-state index in [0.29, 0.717) is 31.3 Å². The predicted molar refractivity (Wildman–Crippen MR) is 122 cm³/mol. The highest BCUT2D eigenvalue weighted by atomic mass is 35.5. The molecule has 0 saturated carbocycles. The summed E-state index contributed by atoms with van der Waals surface area (Å²) in [5, 5.41) is 0.695. The van der Waals surface area contributed by atoms with E-state index >= 15 is 0 Å². The number of hydrogen-bond acceptors (Lipinski definition) is 4. The first-order valence-corrected chi connectivity index (χ1v) is 11.4. The van der Waals surface area contributed by atoms with Crippen molar-refractivity contribution in [1.82, 2.24) is 14.5 Å². The van der Waals surface area contributed by atoms with Crippen LogP contribution in [0.2, 0.25) is 5.02 Å². The lowest BCUT2D eigenvalue weighted by atomic mass is 9.87. The smallest absolute Gasteiger partial charge is 0.254 e. The van der Waals surface area contributed by atoms with E-state index in [0.717, 1.165) is 36.1 Å². The lowest BCUT2D eigenvalue weighted by Gasteiger charge is -2.38. The van der Waals surface area contributed by atoms with E-state index in [1.165, 1.54) is 0 Å². The van der Waals surface area contributed by atoms with Crippen LogP contribution in [0.1, 0.15) is 35.2 Å². The summed E-state index contributed by atoms with van der Waals surface area (Å²) in [6.07, 6.45) is 7.94. The average Bonchev–Trinajstić information content (AvgIpc) is 3.46. The van der Waals surface area contributed by atoms with Crippen LogP contribution in [-0.4, -0.2) is 51.8 Å². The lowest BCUT2D eigenvalue weighted by molar-refractivity contribution is -0.0395. The van der Waals surface area contributed by atoms with Crippen molar-refractivity contribution in [1.29, 1.82) is 0 Å². The van der Waals surface area contributed by atoms with Gasteiger partial charge in [-0.25, -0.2) is 4.98 Å². The zero-order chi connectivity index (χ0) is 22.0. The summed E-state index contributed by atoms with van der Waals surface area (Å²) < 4.78 is 14.3. The van der Waals surface area contributed by atoms with E-state index < -0.39 is 0 Å². The van der Waals surface area contributed by atoms with Gasteiger partial charge in [0.15, 0.2) is 0 Å². The van der Waals surface area contributed by atoms with Crippen molar-refractivity contribution in [3.05, 3.63) is 83.4 Å². The maximum atomic E-state index is 13.3. The third-order valence-corrected chi connectivity index (χ3v) is 6.67. The molecule has 5 rings (SSSR count). The van der Waals surface area contributed by atoms with Gasteiger partial charge in [-0.15, -0.1) is 0 Å². The molecule has 0 unspecified atom stereocenters. The molecule has 1 spiro atoms. The zero-order valence-corrected chi connectivity index (χ0v) is 18.6. The SMILES string of the molecule is O=C(c1ccccc1Cn1ccnc1)N1CCC2(CC1)C[C@@H](Oc1ccc(Cl)cc1)CO2. The van der Waals surface area contributed by atoms with E-state index in [1.54, 1.807) is 12.5 Å². The Morgan fingerprint density at radius 1 is 1.16 bits per heavy atom. The van der Waals surface area contributed by atoms with Gasteiger partial charge in [0, 0.05) is 49.0 Å². The second-order valence-corrected chi connectivity index (χ2v) is 9.01. The number of carbonyl (C=O) groups is 1.